The van der Waals surface area contributed by atoms with Crippen molar-refractivity contribution in [3.05, 3.63) is 47.0 Å². The number of anilines is 1. The molecule has 0 radical (unpaired) electrons. The topological polar surface area (TPSA) is 82.0 Å². The quantitative estimate of drug-likeness (QED) is 0.893. The number of aryl methyl sites for hydroxylation is 1. The molecule has 2 aromatic rings. The Kier molecular flexibility index (Phi) is 3.59. The fraction of sp³-hybridized carbons (Fsp3) is 0.143. The summed E-state index contributed by atoms with van der Waals surface area (Å²) in [6.07, 6.45) is -4.75. The van der Waals surface area contributed by atoms with Crippen LogP contribution in [0.1, 0.15) is 21.5 Å². The van der Waals surface area contributed by atoms with Crippen LogP contribution in [0.5, 0.6) is 0 Å². The zero-order chi connectivity index (χ0) is 15.8. The SMILES string of the molecule is Cc1ccc(-c2cc(C(F)(F)F)c(C(N)=O)c(N)n2)cc1. The van der Waals surface area contributed by atoms with E-state index in [0.717, 1.165) is 11.6 Å². The van der Waals surface area contributed by atoms with Gasteiger partial charge in [0.1, 0.15) is 5.82 Å². The van der Waals surface area contributed by atoms with E-state index >= 15 is 0 Å². The van der Waals surface area contributed by atoms with Crippen molar-refractivity contribution in [3.8, 4) is 11.3 Å². The molecule has 0 atom stereocenters. The normalized spacial score (nSPS) is 11.4. The molecule has 0 spiro atoms. The molecule has 0 aliphatic heterocycles. The first-order valence-corrected chi connectivity index (χ1v) is 5.94. The van der Waals surface area contributed by atoms with Crippen LogP contribution in [0.4, 0.5) is 19.0 Å². The lowest BCUT2D eigenvalue weighted by molar-refractivity contribution is -0.137. The van der Waals surface area contributed by atoms with Gasteiger partial charge >= 0.3 is 6.18 Å². The Morgan fingerprint density at radius 3 is 2.24 bits per heavy atom. The highest BCUT2D eigenvalue weighted by Crippen LogP contribution is 2.36. The predicted octanol–water partition coefficient (Wildman–Crippen LogP) is 2.76. The smallest absolute Gasteiger partial charge is 0.383 e. The maximum Gasteiger partial charge on any atom is 0.417 e. The van der Waals surface area contributed by atoms with E-state index in [1.807, 2.05) is 6.92 Å². The maximum absolute atomic E-state index is 13.1. The number of benzene rings is 1. The Morgan fingerprint density at radius 2 is 1.76 bits per heavy atom. The molecular formula is C14H12F3N3O. The van der Waals surface area contributed by atoms with Gasteiger partial charge in [-0.25, -0.2) is 4.98 Å². The minimum Gasteiger partial charge on any atom is -0.383 e. The number of nitrogens with two attached hydrogens (primary N) is 2. The minimum absolute atomic E-state index is 0.0322. The summed E-state index contributed by atoms with van der Waals surface area (Å²) in [5, 5.41) is 0. The van der Waals surface area contributed by atoms with Crippen molar-refractivity contribution in [3.63, 3.8) is 0 Å². The van der Waals surface area contributed by atoms with Gasteiger partial charge in [-0.2, -0.15) is 13.2 Å². The Hall–Kier alpha value is -2.57. The maximum atomic E-state index is 13.1. The Bertz CT molecular complexity index is 694. The lowest BCUT2D eigenvalue weighted by atomic mass is 10.0. The van der Waals surface area contributed by atoms with Gasteiger partial charge in [-0.05, 0) is 13.0 Å². The largest absolute Gasteiger partial charge is 0.417 e. The summed E-state index contributed by atoms with van der Waals surface area (Å²) in [5.41, 5.74) is 9.90. The third kappa shape index (κ3) is 2.96. The number of amides is 1. The van der Waals surface area contributed by atoms with Crippen molar-refractivity contribution in [1.29, 1.82) is 0 Å². The van der Waals surface area contributed by atoms with Crippen molar-refractivity contribution in [2.75, 3.05) is 5.73 Å². The van der Waals surface area contributed by atoms with E-state index < -0.39 is 29.0 Å². The van der Waals surface area contributed by atoms with E-state index in [9.17, 15) is 18.0 Å². The number of alkyl halides is 3. The Balaban J connectivity index is 2.68. The fourth-order valence-corrected chi connectivity index (χ4v) is 1.92. The molecule has 4 N–H and O–H groups in total. The number of carbonyl (C=O) groups excluding carboxylic acids is 1. The van der Waals surface area contributed by atoms with Crippen LogP contribution in [0.15, 0.2) is 30.3 Å². The average Bonchev–Trinajstić information content (AvgIpc) is 2.37. The van der Waals surface area contributed by atoms with Crippen molar-refractivity contribution in [1.82, 2.24) is 4.98 Å². The van der Waals surface area contributed by atoms with Crippen LogP contribution in [-0.4, -0.2) is 10.9 Å². The van der Waals surface area contributed by atoms with Crippen molar-refractivity contribution in [2.24, 2.45) is 5.73 Å². The van der Waals surface area contributed by atoms with Gasteiger partial charge in [0.05, 0.1) is 16.8 Å². The number of rotatable bonds is 2. The number of primary amides is 1. The highest BCUT2D eigenvalue weighted by Gasteiger charge is 2.37. The summed E-state index contributed by atoms with van der Waals surface area (Å²) >= 11 is 0. The summed E-state index contributed by atoms with van der Waals surface area (Å²) < 4.78 is 39.2. The molecule has 0 unspecified atom stereocenters. The number of hydrogen-bond acceptors (Lipinski definition) is 3. The molecule has 0 bridgehead atoms. The van der Waals surface area contributed by atoms with Gasteiger partial charge in [0, 0.05) is 5.56 Å². The first kappa shape index (κ1) is 14.8. The van der Waals surface area contributed by atoms with Crippen molar-refractivity contribution >= 4 is 11.7 Å². The van der Waals surface area contributed by atoms with Gasteiger partial charge in [0.15, 0.2) is 0 Å². The first-order chi connectivity index (χ1) is 9.70. The van der Waals surface area contributed by atoms with Gasteiger partial charge in [-0.15, -0.1) is 0 Å². The molecule has 1 amide bonds. The van der Waals surface area contributed by atoms with Crippen LogP contribution in [0.3, 0.4) is 0 Å². The Morgan fingerprint density at radius 1 is 1.19 bits per heavy atom. The number of halogens is 3. The molecule has 0 aliphatic rings. The second-order valence-corrected chi connectivity index (χ2v) is 4.54. The van der Waals surface area contributed by atoms with Gasteiger partial charge in [-0.1, -0.05) is 29.8 Å². The predicted molar refractivity (Wildman–Crippen MR) is 72.3 cm³/mol. The second-order valence-electron chi connectivity index (χ2n) is 4.54. The van der Waals surface area contributed by atoms with Gasteiger partial charge in [0.2, 0.25) is 0 Å². The molecule has 7 heteroatoms. The standard InChI is InChI=1S/C14H12F3N3O/c1-7-2-4-8(5-3-7)10-6-9(14(15,16)17)11(13(19)21)12(18)20-10/h2-6H,1H3,(H2,18,20)(H2,19,21). The highest BCUT2D eigenvalue weighted by molar-refractivity contribution is 5.99. The second kappa shape index (κ2) is 5.08. The van der Waals surface area contributed by atoms with E-state index in [-0.39, 0.29) is 5.69 Å². The molecule has 1 aromatic heterocycles. The minimum atomic E-state index is -4.75. The number of pyridine rings is 1. The van der Waals surface area contributed by atoms with Crippen LogP contribution >= 0.6 is 0 Å². The molecule has 110 valence electrons. The zero-order valence-corrected chi connectivity index (χ0v) is 11.0. The molecule has 2 rings (SSSR count). The van der Waals surface area contributed by atoms with Crippen molar-refractivity contribution < 1.29 is 18.0 Å². The molecule has 0 fully saturated rings. The summed E-state index contributed by atoms with van der Waals surface area (Å²) in [6, 6.07) is 7.51. The zero-order valence-electron chi connectivity index (χ0n) is 11.0. The van der Waals surface area contributed by atoms with Gasteiger partial charge in [-0.3, -0.25) is 4.79 Å². The van der Waals surface area contributed by atoms with Crippen LogP contribution < -0.4 is 11.5 Å². The van der Waals surface area contributed by atoms with E-state index in [4.69, 9.17) is 11.5 Å². The lowest BCUT2D eigenvalue weighted by Crippen LogP contribution is -2.22. The third-order valence-corrected chi connectivity index (χ3v) is 2.95. The van der Waals surface area contributed by atoms with Crippen LogP contribution in [0, 0.1) is 6.92 Å². The average molecular weight is 295 g/mol. The van der Waals surface area contributed by atoms with Crippen LogP contribution in [0.2, 0.25) is 0 Å². The summed E-state index contributed by atoms with van der Waals surface area (Å²) in [4.78, 5) is 15.0. The van der Waals surface area contributed by atoms with E-state index in [0.29, 0.717) is 5.56 Å². The molecule has 1 heterocycles. The number of hydrogen-bond donors (Lipinski definition) is 2. The summed E-state index contributed by atoms with van der Waals surface area (Å²) in [7, 11) is 0. The van der Waals surface area contributed by atoms with Gasteiger partial charge in [0.25, 0.3) is 5.91 Å². The fourth-order valence-electron chi connectivity index (χ4n) is 1.92. The molecule has 4 nitrogen and oxygen atoms in total. The molecular weight excluding hydrogens is 283 g/mol. The lowest BCUT2D eigenvalue weighted by Gasteiger charge is -2.14. The molecule has 21 heavy (non-hydrogen) atoms. The van der Waals surface area contributed by atoms with Crippen molar-refractivity contribution in [2.45, 2.75) is 13.1 Å². The monoisotopic (exact) mass is 295 g/mol. The summed E-state index contributed by atoms with van der Waals surface area (Å²) in [6.45, 7) is 1.85. The highest BCUT2D eigenvalue weighted by atomic mass is 19.4. The number of nitrogens with zero attached hydrogens (tertiary/aromatic N) is 1. The van der Waals surface area contributed by atoms with Crippen LogP contribution in [-0.2, 0) is 6.18 Å². The third-order valence-electron chi connectivity index (χ3n) is 2.95. The first-order valence-electron chi connectivity index (χ1n) is 5.94. The number of aromatic nitrogens is 1. The Labute approximate surface area is 118 Å². The van der Waals surface area contributed by atoms with E-state index in [1.165, 1.54) is 0 Å². The van der Waals surface area contributed by atoms with Crippen LogP contribution in [0.25, 0.3) is 11.3 Å². The molecule has 0 saturated carbocycles. The van der Waals surface area contributed by atoms with E-state index in [1.54, 1.807) is 24.3 Å². The summed E-state index contributed by atoms with van der Waals surface area (Å²) in [5.74, 6) is -1.80. The van der Waals surface area contributed by atoms with E-state index in [2.05, 4.69) is 4.98 Å². The molecule has 0 saturated heterocycles. The number of carbonyl (C=O) groups is 1. The van der Waals surface area contributed by atoms with Gasteiger partial charge < -0.3 is 11.5 Å². The molecule has 0 aliphatic carbocycles. The number of nitrogen functional groups attached to an aromatic ring is 1. The molecule has 1 aromatic carbocycles.